The quantitative estimate of drug-likeness (QED) is 0.792. The number of rotatable bonds is 5. The molecule has 23 heavy (non-hydrogen) atoms. The van der Waals surface area contributed by atoms with Crippen molar-refractivity contribution in [2.45, 2.75) is 23.2 Å². The predicted octanol–water partition coefficient (Wildman–Crippen LogP) is 4.22. The minimum Gasteiger partial charge on any atom is -0.496 e. The molecule has 0 saturated carbocycles. The van der Waals surface area contributed by atoms with Crippen LogP contribution in [0.3, 0.4) is 0 Å². The summed E-state index contributed by atoms with van der Waals surface area (Å²) < 4.78 is 5.44. The number of thioether (sulfide) groups is 1. The highest BCUT2D eigenvalue weighted by Crippen LogP contribution is 2.33. The first kappa shape index (κ1) is 16.7. The van der Waals surface area contributed by atoms with Gasteiger partial charge in [-0.15, -0.1) is 11.8 Å². The summed E-state index contributed by atoms with van der Waals surface area (Å²) in [6.45, 7) is 2.11. The second-order valence-corrected chi connectivity index (χ2v) is 6.93. The minimum absolute atomic E-state index is 0.230. The van der Waals surface area contributed by atoms with Crippen molar-refractivity contribution >= 4 is 23.4 Å². The molecule has 3 nitrogen and oxygen atoms in total. The van der Waals surface area contributed by atoms with Gasteiger partial charge in [0.1, 0.15) is 5.75 Å². The van der Waals surface area contributed by atoms with Gasteiger partial charge < -0.3 is 4.74 Å². The molecule has 1 aliphatic rings. The number of hydrogen-bond acceptors (Lipinski definition) is 4. The fourth-order valence-corrected chi connectivity index (χ4v) is 4.00. The number of benzene rings is 2. The molecule has 0 aliphatic carbocycles. The molecule has 5 heteroatoms. The van der Waals surface area contributed by atoms with E-state index in [1.165, 1.54) is 16.9 Å². The molecular weight excluding hydrogens is 328 g/mol. The van der Waals surface area contributed by atoms with E-state index in [4.69, 9.17) is 16.3 Å². The van der Waals surface area contributed by atoms with Crippen LogP contribution in [0.4, 0.5) is 0 Å². The summed E-state index contributed by atoms with van der Waals surface area (Å²) in [6.07, 6.45) is 1.40. The van der Waals surface area contributed by atoms with E-state index in [0.717, 1.165) is 35.2 Å². The van der Waals surface area contributed by atoms with Crippen molar-refractivity contribution in [1.82, 2.24) is 10.6 Å². The van der Waals surface area contributed by atoms with Crippen molar-refractivity contribution in [3.63, 3.8) is 0 Å². The topological polar surface area (TPSA) is 33.3 Å². The third kappa shape index (κ3) is 4.21. The van der Waals surface area contributed by atoms with Crippen LogP contribution in [0.15, 0.2) is 47.4 Å². The molecule has 0 amide bonds. The predicted molar refractivity (Wildman–Crippen MR) is 97.4 cm³/mol. The molecule has 0 bridgehead atoms. The van der Waals surface area contributed by atoms with E-state index in [-0.39, 0.29) is 6.17 Å². The summed E-state index contributed by atoms with van der Waals surface area (Å²) in [7, 11) is 1.70. The number of methoxy groups -OCH3 is 1. The van der Waals surface area contributed by atoms with Crippen LogP contribution in [-0.2, 0) is 5.75 Å². The summed E-state index contributed by atoms with van der Waals surface area (Å²) in [5.74, 6) is 1.71. The van der Waals surface area contributed by atoms with Gasteiger partial charge in [-0.25, -0.2) is 0 Å². The highest BCUT2D eigenvalue weighted by Gasteiger charge is 2.17. The number of halogens is 1. The normalized spacial score (nSPS) is 15.6. The van der Waals surface area contributed by atoms with Gasteiger partial charge in [0.15, 0.2) is 0 Å². The average Bonchev–Trinajstić information content (AvgIpc) is 2.61. The standard InChI is InChI=1S/C18H21ClN2OS/c1-22-16-8-7-14(19)11-13(16)12-23-17-6-3-2-5-15(17)18-20-9-4-10-21-18/h2-3,5-8,11,18,20-21H,4,9-10,12H2,1H3. The smallest absolute Gasteiger partial charge is 0.123 e. The van der Waals surface area contributed by atoms with E-state index in [2.05, 4.69) is 34.9 Å². The first-order chi connectivity index (χ1) is 11.3. The van der Waals surface area contributed by atoms with Gasteiger partial charge >= 0.3 is 0 Å². The second-order valence-electron chi connectivity index (χ2n) is 5.48. The van der Waals surface area contributed by atoms with Crippen LogP contribution in [0.2, 0.25) is 5.02 Å². The Bertz CT molecular complexity index is 659. The summed E-state index contributed by atoms with van der Waals surface area (Å²) >= 11 is 7.94. The molecule has 1 heterocycles. The van der Waals surface area contributed by atoms with Gasteiger partial charge in [0.05, 0.1) is 13.3 Å². The number of nitrogens with one attached hydrogen (secondary N) is 2. The molecule has 0 aromatic heterocycles. The van der Waals surface area contributed by atoms with Crippen LogP contribution in [0, 0.1) is 0 Å². The van der Waals surface area contributed by atoms with Gasteiger partial charge in [-0.05, 0) is 49.3 Å². The Hall–Kier alpha value is -1.20. The van der Waals surface area contributed by atoms with Crippen molar-refractivity contribution in [3.8, 4) is 5.75 Å². The van der Waals surface area contributed by atoms with Crippen molar-refractivity contribution in [2.24, 2.45) is 0 Å². The third-order valence-corrected chi connectivity index (χ3v) is 5.28. The summed E-state index contributed by atoms with van der Waals surface area (Å²) in [5, 5.41) is 7.81. The molecule has 2 N–H and O–H groups in total. The van der Waals surface area contributed by atoms with Gasteiger partial charge in [-0.1, -0.05) is 29.8 Å². The molecule has 1 saturated heterocycles. The van der Waals surface area contributed by atoms with Gasteiger partial charge in [0, 0.05) is 21.2 Å². The van der Waals surface area contributed by atoms with E-state index in [1.54, 1.807) is 7.11 Å². The first-order valence-electron chi connectivity index (χ1n) is 7.79. The summed E-state index contributed by atoms with van der Waals surface area (Å²) in [6, 6.07) is 14.3. The Morgan fingerprint density at radius 3 is 2.74 bits per heavy atom. The molecule has 2 aromatic carbocycles. The van der Waals surface area contributed by atoms with E-state index in [0.29, 0.717) is 0 Å². The van der Waals surface area contributed by atoms with Crippen LogP contribution in [0.1, 0.15) is 23.7 Å². The maximum atomic E-state index is 6.12. The minimum atomic E-state index is 0.230. The van der Waals surface area contributed by atoms with Crippen molar-refractivity contribution in [3.05, 3.63) is 58.6 Å². The van der Waals surface area contributed by atoms with Gasteiger partial charge in [-0.2, -0.15) is 0 Å². The first-order valence-corrected chi connectivity index (χ1v) is 9.15. The third-order valence-electron chi connectivity index (χ3n) is 3.91. The van der Waals surface area contributed by atoms with Crippen molar-refractivity contribution in [2.75, 3.05) is 20.2 Å². The Balaban J connectivity index is 1.77. The zero-order chi connectivity index (χ0) is 16.1. The zero-order valence-electron chi connectivity index (χ0n) is 13.1. The lowest BCUT2D eigenvalue weighted by molar-refractivity contribution is 0.376. The van der Waals surface area contributed by atoms with Crippen LogP contribution >= 0.6 is 23.4 Å². The molecule has 1 fully saturated rings. The second kappa shape index (κ2) is 8.06. The SMILES string of the molecule is COc1ccc(Cl)cc1CSc1ccccc1C1NCCCN1. The number of ether oxygens (including phenoxy) is 1. The van der Waals surface area contributed by atoms with Crippen LogP contribution < -0.4 is 15.4 Å². The van der Waals surface area contributed by atoms with E-state index < -0.39 is 0 Å². The molecule has 3 rings (SSSR count). The van der Waals surface area contributed by atoms with Crippen molar-refractivity contribution < 1.29 is 4.74 Å². The van der Waals surface area contributed by atoms with E-state index >= 15 is 0 Å². The highest BCUT2D eigenvalue weighted by atomic mass is 35.5. The summed E-state index contributed by atoms with van der Waals surface area (Å²) in [4.78, 5) is 1.28. The molecule has 122 valence electrons. The lowest BCUT2D eigenvalue weighted by atomic mass is 10.1. The van der Waals surface area contributed by atoms with Gasteiger partial charge in [0.25, 0.3) is 0 Å². The maximum absolute atomic E-state index is 6.12. The highest BCUT2D eigenvalue weighted by molar-refractivity contribution is 7.98. The lowest BCUT2D eigenvalue weighted by Gasteiger charge is -2.27. The van der Waals surface area contributed by atoms with Crippen molar-refractivity contribution in [1.29, 1.82) is 0 Å². The maximum Gasteiger partial charge on any atom is 0.123 e. The Morgan fingerprint density at radius 1 is 1.17 bits per heavy atom. The van der Waals surface area contributed by atoms with E-state index in [1.807, 2.05) is 30.0 Å². The van der Waals surface area contributed by atoms with Gasteiger partial charge in [-0.3, -0.25) is 10.6 Å². The Labute approximate surface area is 146 Å². The monoisotopic (exact) mass is 348 g/mol. The average molecular weight is 349 g/mol. The fraction of sp³-hybridized carbons (Fsp3) is 0.333. The molecule has 1 aliphatic heterocycles. The fourth-order valence-electron chi connectivity index (χ4n) is 2.74. The van der Waals surface area contributed by atoms with E-state index in [9.17, 15) is 0 Å². The molecular formula is C18H21ClN2OS. The van der Waals surface area contributed by atoms with Crippen LogP contribution in [0.5, 0.6) is 5.75 Å². The molecule has 0 atom stereocenters. The van der Waals surface area contributed by atoms with Gasteiger partial charge in [0.2, 0.25) is 0 Å². The molecule has 0 radical (unpaired) electrons. The summed E-state index contributed by atoms with van der Waals surface area (Å²) in [5.41, 5.74) is 2.42. The molecule has 0 unspecified atom stereocenters. The Morgan fingerprint density at radius 2 is 1.96 bits per heavy atom. The number of hydrogen-bond donors (Lipinski definition) is 2. The van der Waals surface area contributed by atoms with Crippen LogP contribution in [-0.4, -0.2) is 20.2 Å². The zero-order valence-corrected chi connectivity index (χ0v) is 14.7. The lowest BCUT2D eigenvalue weighted by Crippen LogP contribution is -2.41. The largest absolute Gasteiger partial charge is 0.496 e. The Kier molecular flexibility index (Phi) is 5.84. The molecule has 2 aromatic rings. The molecule has 0 spiro atoms. The van der Waals surface area contributed by atoms with Crippen LogP contribution in [0.25, 0.3) is 0 Å².